The van der Waals surface area contributed by atoms with Crippen molar-refractivity contribution >= 4 is 34.6 Å². The number of esters is 1. The van der Waals surface area contributed by atoms with E-state index in [2.05, 4.69) is 4.98 Å². The number of carbonyl (C=O) groups is 1. The van der Waals surface area contributed by atoms with Crippen LogP contribution in [0, 0.1) is 6.92 Å². The minimum absolute atomic E-state index is 0.115. The lowest BCUT2D eigenvalue weighted by molar-refractivity contribution is 0.0468. The Hall–Kier alpha value is -2.37. The zero-order valence-electron chi connectivity index (χ0n) is 13.0. The first-order valence-corrected chi connectivity index (χ1v) is 8.52. The molecule has 122 valence electrons. The molecule has 1 heterocycles. The van der Waals surface area contributed by atoms with E-state index in [1.54, 1.807) is 12.1 Å². The van der Waals surface area contributed by atoms with E-state index < -0.39 is 5.97 Å². The molecule has 0 aliphatic heterocycles. The van der Waals surface area contributed by atoms with Crippen molar-refractivity contribution in [3.8, 4) is 10.6 Å². The number of ether oxygens (including phenoxy) is 1. The molecule has 0 radical (unpaired) electrons. The fraction of sp³-hybridized carbons (Fsp3) is 0.111. The molecule has 0 atom stereocenters. The Morgan fingerprint density at radius 1 is 1.25 bits per heavy atom. The van der Waals surface area contributed by atoms with Gasteiger partial charge in [0, 0.05) is 10.9 Å². The summed E-state index contributed by atoms with van der Waals surface area (Å²) in [6, 6.07) is 12.8. The van der Waals surface area contributed by atoms with E-state index in [1.165, 1.54) is 23.0 Å². The number of hydrogen-bond donors (Lipinski definition) is 1. The lowest BCUT2D eigenvalue weighted by atomic mass is 10.2. The number of aromatic nitrogens is 1. The molecule has 6 heteroatoms. The van der Waals surface area contributed by atoms with Crippen molar-refractivity contribution in [3.63, 3.8) is 0 Å². The molecule has 0 fully saturated rings. The molecule has 1 aromatic heterocycles. The van der Waals surface area contributed by atoms with Gasteiger partial charge in [0.2, 0.25) is 0 Å². The molecular formula is C18H15ClN2O2S. The quantitative estimate of drug-likeness (QED) is 0.541. The van der Waals surface area contributed by atoms with Crippen LogP contribution < -0.4 is 5.73 Å². The molecule has 0 saturated carbocycles. The van der Waals surface area contributed by atoms with Gasteiger partial charge in [-0.15, -0.1) is 11.3 Å². The number of anilines is 1. The molecule has 0 bridgehead atoms. The van der Waals surface area contributed by atoms with E-state index in [0.717, 1.165) is 10.6 Å². The maximum absolute atomic E-state index is 12.1. The number of carbonyl (C=O) groups excluding carboxylic acids is 1. The van der Waals surface area contributed by atoms with Crippen molar-refractivity contribution in [3.05, 3.63) is 69.7 Å². The molecule has 0 aliphatic rings. The van der Waals surface area contributed by atoms with Gasteiger partial charge in [-0.25, -0.2) is 9.78 Å². The minimum Gasteiger partial charge on any atom is -0.456 e. The molecule has 4 nitrogen and oxygen atoms in total. The third kappa shape index (κ3) is 3.75. The molecule has 24 heavy (non-hydrogen) atoms. The topological polar surface area (TPSA) is 65.2 Å². The smallest absolute Gasteiger partial charge is 0.338 e. The molecule has 0 spiro atoms. The number of hydrogen-bond acceptors (Lipinski definition) is 5. The van der Waals surface area contributed by atoms with Gasteiger partial charge >= 0.3 is 5.97 Å². The average Bonchev–Trinajstić information content (AvgIpc) is 3.05. The van der Waals surface area contributed by atoms with Crippen molar-refractivity contribution in [2.45, 2.75) is 13.5 Å². The zero-order valence-corrected chi connectivity index (χ0v) is 14.5. The van der Waals surface area contributed by atoms with E-state index >= 15 is 0 Å². The van der Waals surface area contributed by atoms with Gasteiger partial charge in [0.15, 0.2) is 0 Å². The van der Waals surface area contributed by atoms with E-state index in [-0.39, 0.29) is 6.61 Å². The zero-order chi connectivity index (χ0) is 17.1. The van der Waals surface area contributed by atoms with Crippen LogP contribution in [-0.4, -0.2) is 11.0 Å². The molecule has 3 rings (SSSR count). The highest BCUT2D eigenvalue weighted by Gasteiger charge is 2.11. The Morgan fingerprint density at radius 2 is 2.00 bits per heavy atom. The Labute approximate surface area is 148 Å². The summed E-state index contributed by atoms with van der Waals surface area (Å²) in [4.78, 5) is 16.6. The van der Waals surface area contributed by atoms with Gasteiger partial charge in [-0.1, -0.05) is 41.4 Å². The molecule has 0 aliphatic carbocycles. The lowest BCUT2D eigenvalue weighted by Crippen LogP contribution is -2.06. The first-order valence-electron chi connectivity index (χ1n) is 7.26. The molecule has 0 amide bonds. The van der Waals surface area contributed by atoms with Crippen molar-refractivity contribution in [1.29, 1.82) is 0 Å². The van der Waals surface area contributed by atoms with Crippen LogP contribution in [0.2, 0.25) is 5.02 Å². The fourth-order valence-electron chi connectivity index (χ4n) is 2.10. The largest absolute Gasteiger partial charge is 0.456 e. The standard InChI is InChI=1S/C18H15ClN2O2S/c1-11-2-4-12(5-3-11)17-21-14(10-24-17)9-23-18(22)13-6-7-15(19)16(20)8-13/h2-8,10H,9,20H2,1H3. The van der Waals surface area contributed by atoms with Crippen molar-refractivity contribution < 1.29 is 9.53 Å². The predicted molar refractivity (Wildman–Crippen MR) is 97.3 cm³/mol. The molecule has 2 N–H and O–H groups in total. The molecule has 3 aromatic rings. The maximum atomic E-state index is 12.1. The maximum Gasteiger partial charge on any atom is 0.338 e. The first kappa shape index (κ1) is 16.5. The van der Waals surface area contributed by atoms with Crippen LogP contribution in [0.25, 0.3) is 10.6 Å². The molecular weight excluding hydrogens is 344 g/mol. The summed E-state index contributed by atoms with van der Waals surface area (Å²) < 4.78 is 5.28. The van der Waals surface area contributed by atoms with Crippen molar-refractivity contribution in [2.24, 2.45) is 0 Å². The third-order valence-electron chi connectivity index (χ3n) is 3.43. The highest BCUT2D eigenvalue weighted by molar-refractivity contribution is 7.13. The third-order valence-corrected chi connectivity index (χ3v) is 4.72. The van der Waals surface area contributed by atoms with Crippen LogP contribution in [0.5, 0.6) is 0 Å². The van der Waals surface area contributed by atoms with Gasteiger partial charge in [-0.2, -0.15) is 0 Å². The van der Waals surface area contributed by atoms with Gasteiger partial charge < -0.3 is 10.5 Å². The van der Waals surface area contributed by atoms with Crippen LogP contribution in [0.15, 0.2) is 47.8 Å². The molecule has 2 aromatic carbocycles. The van der Waals surface area contributed by atoms with Gasteiger partial charge in [0.25, 0.3) is 0 Å². The second-order valence-electron chi connectivity index (χ2n) is 5.32. The Balaban J connectivity index is 1.65. The van der Waals surface area contributed by atoms with Gasteiger partial charge in [-0.3, -0.25) is 0 Å². The second-order valence-corrected chi connectivity index (χ2v) is 6.59. The number of benzene rings is 2. The average molecular weight is 359 g/mol. The molecule has 0 saturated heterocycles. The highest BCUT2D eigenvalue weighted by atomic mass is 35.5. The van der Waals surface area contributed by atoms with E-state index in [4.69, 9.17) is 22.1 Å². The minimum atomic E-state index is -0.455. The van der Waals surface area contributed by atoms with Crippen molar-refractivity contribution in [1.82, 2.24) is 4.98 Å². The fourth-order valence-corrected chi connectivity index (χ4v) is 3.02. The van der Waals surface area contributed by atoms with Crippen LogP contribution in [0.4, 0.5) is 5.69 Å². The summed E-state index contributed by atoms with van der Waals surface area (Å²) in [5.74, 6) is -0.455. The molecule has 0 unspecified atom stereocenters. The summed E-state index contributed by atoms with van der Waals surface area (Å²) in [7, 11) is 0. The number of nitrogens with two attached hydrogens (primary N) is 1. The van der Waals surface area contributed by atoms with E-state index in [1.807, 2.05) is 36.6 Å². The van der Waals surface area contributed by atoms with Gasteiger partial charge in [-0.05, 0) is 25.1 Å². The summed E-state index contributed by atoms with van der Waals surface area (Å²) in [6.07, 6.45) is 0. The van der Waals surface area contributed by atoms with Crippen molar-refractivity contribution in [2.75, 3.05) is 5.73 Å². The van der Waals surface area contributed by atoms with Crippen LogP contribution in [0.1, 0.15) is 21.6 Å². The van der Waals surface area contributed by atoms with Crippen LogP contribution in [-0.2, 0) is 11.3 Å². The highest BCUT2D eigenvalue weighted by Crippen LogP contribution is 2.25. The van der Waals surface area contributed by atoms with Gasteiger partial charge in [0.1, 0.15) is 11.6 Å². The normalized spacial score (nSPS) is 10.6. The Morgan fingerprint density at radius 3 is 2.71 bits per heavy atom. The Bertz CT molecular complexity index is 875. The second kappa shape index (κ2) is 7.03. The number of aryl methyl sites for hydroxylation is 1. The van der Waals surface area contributed by atoms with Gasteiger partial charge in [0.05, 0.1) is 22.0 Å². The number of rotatable bonds is 4. The number of nitrogen functional groups attached to an aromatic ring is 1. The van der Waals surface area contributed by atoms with Crippen LogP contribution in [0.3, 0.4) is 0 Å². The first-order chi connectivity index (χ1) is 11.5. The summed E-state index contributed by atoms with van der Waals surface area (Å²) in [5, 5.41) is 3.20. The number of thiazole rings is 1. The predicted octanol–water partition coefficient (Wildman–Crippen LogP) is 4.71. The van der Waals surface area contributed by atoms with E-state index in [0.29, 0.717) is 22.0 Å². The number of halogens is 1. The monoisotopic (exact) mass is 358 g/mol. The summed E-state index contributed by atoms with van der Waals surface area (Å²) in [5.41, 5.74) is 9.37. The lowest BCUT2D eigenvalue weighted by Gasteiger charge is -2.04. The van der Waals surface area contributed by atoms with Crippen LogP contribution >= 0.6 is 22.9 Å². The summed E-state index contributed by atoms with van der Waals surface area (Å²) in [6.45, 7) is 2.16. The summed E-state index contributed by atoms with van der Waals surface area (Å²) >= 11 is 7.36. The van der Waals surface area contributed by atoms with E-state index in [9.17, 15) is 4.79 Å². The SMILES string of the molecule is Cc1ccc(-c2nc(COC(=O)c3ccc(Cl)c(N)c3)cs2)cc1. The Kier molecular flexibility index (Phi) is 4.83. The number of nitrogens with zero attached hydrogens (tertiary/aromatic N) is 1.